The van der Waals surface area contributed by atoms with Gasteiger partial charge >= 0.3 is 0 Å². The Labute approximate surface area is 126 Å². The second kappa shape index (κ2) is 5.34. The summed E-state index contributed by atoms with van der Waals surface area (Å²) < 4.78 is 0. The first-order valence-electron chi connectivity index (χ1n) is 7.41. The van der Waals surface area contributed by atoms with E-state index in [9.17, 15) is 0 Å². The fourth-order valence-electron chi connectivity index (χ4n) is 3.03. The van der Waals surface area contributed by atoms with Crippen LogP contribution in [0.1, 0.15) is 24.5 Å². The molecule has 1 heteroatoms. The molecule has 106 valence electrons. The Hall–Kier alpha value is -2.12. The van der Waals surface area contributed by atoms with Crippen LogP contribution in [0, 0.1) is 6.92 Å². The van der Waals surface area contributed by atoms with Crippen LogP contribution in [-0.4, -0.2) is 5.54 Å². The first kappa shape index (κ1) is 13.8. The summed E-state index contributed by atoms with van der Waals surface area (Å²) in [6.45, 7) is 4.30. The Morgan fingerprint density at radius 2 is 1.67 bits per heavy atom. The number of hydrogen-bond acceptors (Lipinski definition) is 1. The highest BCUT2D eigenvalue weighted by atomic mass is 14.7. The molecule has 0 spiro atoms. The predicted molar refractivity (Wildman–Crippen MR) is 90.9 cm³/mol. The lowest BCUT2D eigenvalue weighted by molar-refractivity contribution is 0.609. The zero-order valence-electron chi connectivity index (χ0n) is 12.6. The van der Waals surface area contributed by atoms with Crippen LogP contribution in [0.25, 0.3) is 16.7 Å². The molecule has 0 heterocycles. The fourth-order valence-corrected chi connectivity index (χ4v) is 3.03. The Bertz CT molecular complexity index is 706. The van der Waals surface area contributed by atoms with Crippen LogP contribution in [0.4, 0.5) is 0 Å². The molecule has 2 aromatic rings. The average molecular weight is 275 g/mol. The average Bonchev–Trinajstić information content (AvgIpc) is 2.49. The van der Waals surface area contributed by atoms with E-state index in [-0.39, 0.29) is 5.54 Å². The van der Waals surface area contributed by atoms with Gasteiger partial charge in [-0.25, -0.2) is 0 Å². The Morgan fingerprint density at radius 3 is 2.38 bits per heavy atom. The maximum Gasteiger partial charge on any atom is 0.0422 e. The molecule has 1 unspecified atom stereocenters. The van der Waals surface area contributed by atoms with E-state index in [4.69, 9.17) is 5.73 Å². The molecular weight excluding hydrogens is 254 g/mol. The fraction of sp³-hybridized carbons (Fsp3) is 0.200. The van der Waals surface area contributed by atoms with Gasteiger partial charge in [-0.2, -0.15) is 0 Å². The van der Waals surface area contributed by atoms with Crippen LogP contribution >= 0.6 is 0 Å². The van der Waals surface area contributed by atoms with E-state index in [1.807, 2.05) is 6.07 Å². The van der Waals surface area contributed by atoms with Gasteiger partial charge in [0, 0.05) is 5.54 Å². The monoisotopic (exact) mass is 275 g/mol. The lowest BCUT2D eigenvalue weighted by Gasteiger charge is -2.30. The minimum atomic E-state index is -0.297. The minimum absolute atomic E-state index is 0.297. The van der Waals surface area contributed by atoms with Crippen LogP contribution in [0.3, 0.4) is 0 Å². The molecule has 0 saturated carbocycles. The van der Waals surface area contributed by atoms with Gasteiger partial charge in [-0.1, -0.05) is 66.8 Å². The summed E-state index contributed by atoms with van der Waals surface area (Å²) in [5.41, 5.74) is 12.5. The summed E-state index contributed by atoms with van der Waals surface area (Å²) >= 11 is 0. The first-order valence-corrected chi connectivity index (χ1v) is 7.41. The third-order valence-electron chi connectivity index (χ3n) is 4.26. The summed E-state index contributed by atoms with van der Waals surface area (Å²) in [6.07, 6.45) is 7.28. The van der Waals surface area contributed by atoms with Gasteiger partial charge in [0.05, 0.1) is 0 Å². The summed E-state index contributed by atoms with van der Waals surface area (Å²) in [7, 11) is 0. The van der Waals surface area contributed by atoms with Gasteiger partial charge in [-0.05, 0) is 48.1 Å². The van der Waals surface area contributed by atoms with E-state index in [2.05, 4.69) is 74.5 Å². The SMILES string of the molecule is Cc1c(C2=CC=CCC2(C)N)cccc1-c1ccccc1. The number of allylic oxidation sites excluding steroid dienone is 2. The summed E-state index contributed by atoms with van der Waals surface area (Å²) in [5, 5.41) is 0. The van der Waals surface area contributed by atoms with Gasteiger partial charge in [0.25, 0.3) is 0 Å². The molecule has 2 aromatic carbocycles. The third kappa shape index (κ3) is 2.57. The molecule has 0 aromatic heterocycles. The van der Waals surface area contributed by atoms with Crippen LogP contribution in [0.5, 0.6) is 0 Å². The van der Waals surface area contributed by atoms with Crippen molar-refractivity contribution in [3.63, 3.8) is 0 Å². The van der Waals surface area contributed by atoms with E-state index >= 15 is 0 Å². The van der Waals surface area contributed by atoms with Crippen molar-refractivity contribution in [2.45, 2.75) is 25.8 Å². The molecule has 0 bridgehead atoms. The van der Waals surface area contributed by atoms with Crippen molar-refractivity contribution >= 4 is 5.57 Å². The lowest BCUT2D eigenvalue weighted by atomic mass is 9.79. The third-order valence-corrected chi connectivity index (χ3v) is 4.26. The largest absolute Gasteiger partial charge is 0.321 e. The van der Waals surface area contributed by atoms with Gasteiger partial charge in [0.2, 0.25) is 0 Å². The van der Waals surface area contributed by atoms with Crippen molar-refractivity contribution in [3.8, 4) is 11.1 Å². The molecular formula is C20H21N. The second-order valence-corrected chi connectivity index (χ2v) is 5.97. The van der Waals surface area contributed by atoms with Gasteiger partial charge < -0.3 is 5.73 Å². The topological polar surface area (TPSA) is 26.0 Å². The molecule has 21 heavy (non-hydrogen) atoms. The predicted octanol–water partition coefficient (Wildman–Crippen LogP) is 4.72. The molecule has 0 fully saturated rings. The highest BCUT2D eigenvalue weighted by molar-refractivity contribution is 5.82. The van der Waals surface area contributed by atoms with E-state index in [1.165, 1.54) is 27.8 Å². The number of benzene rings is 2. The molecule has 0 radical (unpaired) electrons. The van der Waals surface area contributed by atoms with Gasteiger partial charge in [-0.3, -0.25) is 0 Å². The highest BCUT2D eigenvalue weighted by Gasteiger charge is 2.26. The molecule has 0 saturated heterocycles. The van der Waals surface area contributed by atoms with Crippen LogP contribution in [-0.2, 0) is 0 Å². The maximum atomic E-state index is 6.49. The number of hydrogen-bond donors (Lipinski definition) is 1. The summed E-state index contributed by atoms with van der Waals surface area (Å²) in [5.74, 6) is 0. The number of nitrogens with two attached hydrogens (primary N) is 1. The Balaban J connectivity index is 2.14. The molecule has 1 aliphatic rings. The molecule has 1 aliphatic carbocycles. The van der Waals surface area contributed by atoms with Crippen LogP contribution in [0.15, 0.2) is 66.8 Å². The van der Waals surface area contributed by atoms with E-state index < -0.39 is 0 Å². The van der Waals surface area contributed by atoms with Gasteiger partial charge in [0.15, 0.2) is 0 Å². The zero-order valence-corrected chi connectivity index (χ0v) is 12.6. The minimum Gasteiger partial charge on any atom is -0.321 e. The Kier molecular flexibility index (Phi) is 3.52. The quantitative estimate of drug-likeness (QED) is 0.843. The van der Waals surface area contributed by atoms with E-state index in [0.717, 1.165) is 6.42 Å². The molecule has 3 rings (SSSR count). The van der Waals surface area contributed by atoms with Crippen LogP contribution in [0.2, 0.25) is 0 Å². The standard InChI is InChI=1S/C20H21N/c1-15-17(16-9-4-3-5-10-16)11-8-12-18(15)19-13-6-7-14-20(19,2)21/h3-13H,14,21H2,1-2H3. The molecule has 1 nitrogen and oxygen atoms in total. The summed E-state index contributed by atoms with van der Waals surface area (Å²) in [4.78, 5) is 0. The smallest absolute Gasteiger partial charge is 0.0422 e. The molecule has 0 amide bonds. The molecule has 2 N–H and O–H groups in total. The van der Waals surface area contributed by atoms with Crippen molar-refractivity contribution in [2.75, 3.05) is 0 Å². The van der Waals surface area contributed by atoms with E-state index in [0.29, 0.717) is 0 Å². The highest BCUT2D eigenvalue weighted by Crippen LogP contribution is 2.36. The lowest BCUT2D eigenvalue weighted by Crippen LogP contribution is -2.38. The van der Waals surface area contributed by atoms with Crippen molar-refractivity contribution in [1.29, 1.82) is 0 Å². The van der Waals surface area contributed by atoms with Crippen molar-refractivity contribution in [3.05, 3.63) is 77.9 Å². The zero-order chi connectivity index (χ0) is 14.9. The van der Waals surface area contributed by atoms with Gasteiger partial charge in [0.1, 0.15) is 0 Å². The van der Waals surface area contributed by atoms with Gasteiger partial charge in [-0.15, -0.1) is 0 Å². The second-order valence-electron chi connectivity index (χ2n) is 5.97. The van der Waals surface area contributed by atoms with Crippen molar-refractivity contribution in [1.82, 2.24) is 0 Å². The number of rotatable bonds is 2. The summed E-state index contributed by atoms with van der Waals surface area (Å²) in [6, 6.07) is 17.0. The first-order chi connectivity index (χ1) is 10.1. The molecule has 1 atom stereocenters. The van der Waals surface area contributed by atoms with Crippen LogP contribution < -0.4 is 5.73 Å². The maximum absolute atomic E-state index is 6.49. The van der Waals surface area contributed by atoms with E-state index in [1.54, 1.807) is 0 Å². The van der Waals surface area contributed by atoms with Crippen molar-refractivity contribution in [2.24, 2.45) is 5.73 Å². The Morgan fingerprint density at radius 1 is 0.952 bits per heavy atom. The van der Waals surface area contributed by atoms with Crippen molar-refractivity contribution < 1.29 is 0 Å². The normalized spacial score (nSPS) is 21.2. The molecule has 0 aliphatic heterocycles.